The summed E-state index contributed by atoms with van der Waals surface area (Å²) in [4.78, 5) is 11.7. The third-order valence-corrected chi connectivity index (χ3v) is 7.35. The van der Waals surface area contributed by atoms with Gasteiger partial charge in [0.1, 0.15) is 17.6 Å². The van der Waals surface area contributed by atoms with E-state index in [0.29, 0.717) is 58.8 Å². The molecule has 8 heteroatoms. The van der Waals surface area contributed by atoms with Gasteiger partial charge in [-0.1, -0.05) is 12.1 Å². The summed E-state index contributed by atoms with van der Waals surface area (Å²) in [7, 11) is 1.35. The highest BCUT2D eigenvalue weighted by Crippen LogP contribution is 2.48. The van der Waals surface area contributed by atoms with E-state index in [1.54, 1.807) is 38.1 Å². The first-order valence-electron chi connectivity index (χ1n) is 12.4. The van der Waals surface area contributed by atoms with Gasteiger partial charge in [0.05, 0.1) is 37.3 Å². The molecule has 2 atom stereocenters. The maximum absolute atomic E-state index is 14.2. The molecule has 0 spiro atoms. The lowest BCUT2D eigenvalue weighted by Crippen LogP contribution is -2.11. The molecular formula is C30H26F3NO4. The smallest absolute Gasteiger partial charge is 0.417 e. The number of rotatable bonds is 5. The molecule has 5 rings (SSSR count). The minimum absolute atomic E-state index is 0.0963. The van der Waals surface area contributed by atoms with Crippen LogP contribution in [0.25, 0.3) is 11.1 Å². The van der Waals surface area contributed by atoms with Crippen molar-refractivity contribution in [2.45, 2.75) is 51.3 Å². The Morgan fingerprint density at radius 3 is 2.45 bits per heavy atom. The number of carbonyl (C=O) groups excluding carboxylic acids is 1. The Hall–Kier alpha value is -3.99. The van der Waals surface area contributed by atoms with Gasteiger partial charge in [-0.05, 0) is 84.3 Å². The van der Waals surface area contributed by atoms with Gasteiger partial charge in [0.2, 0.25) is 0 Å². The third-order valence-electron chi connectivity index (χ3n) is 7.35. The van der Waals surface area contributed by atoms with Gasteiger partial charge < -0.3 is 14.2 Å². The highest BCUT2D eigenvalue weighted by atomic mass is 19.4. The van der Waals surface area contributed by atoms with E-state index in [4.69, 9.17) is 14.2 Å². The van der Waals surface area contributed by atoms with Crippen molar-refractivity contribution >= 4 is 5.97 Å². The molecule has 0 saturated carbocycles. The average molecular weight is 522 g/mol. The van der Waals surface area contributed by atoms with E-state index >= 15 is 0 Å². The van der Waals surface area contributed by atoms with Crippen LogP contribution in [0, 0.1) is 25.2 Å². The number of aryl methyl sites for hydroxylation is 2. The highest BCUT2D eigenvalue weighted by molar-refractivity contribution is 5.80. The Kier molecular flexibility index (Phi) is 6.56. The fourth-order valence-electron chi connectivity index (χ4n) is 5.68. The van der Waals surface area contributed by atoms with Crippen molar-refractivity contribution in [2.75, 3.05) is 13.7 Å². The number of alkyl halides is 3. The first-order valence-corrected chi connectivity index (χ1v) is 12.4. The molecule has 0 fully saturated rings. The Morgan fingerprint density at radius 1 is 1.08 bits per heavy atom. The minimum atomic E-state index is -4.53. The fourth-order valence-corrected chi connectivity index (χ4v) is 5.68. The number of halogens is 3. The molecule has 0 aromatic heterocycles. The number of carbonyl (C=O) groups is 1. The molecule has 5 nitrogen and oxygen atoms in total. The molecule has 38 heavy (non-hydrogen) atoms. The van der Waals surface area contributed by atoms with Gasteiger partial charge in [-0.25, -0.2) is 0 Å². The maximum atomic E-state index is 14.2. The van der Waals surface area contributed by atoms with E-state index < -0.39 is 17.8 Å². The molecule has 0 radical (unpaired) electrons. The van der Waals surface area contributed by atoms with E-state index in [-0.39, 0.29) is 23.9 Å². The van der Waals surface area contributed by atoms with Crippen LogP contribution >= 0.6 is 0 Å². The van der Waals surface area contributed by atoms with Crippen LogP contribution in [0.3, 0.4) is 0 Å². The first-order chi connectivity index (χ1) is 18.1. The van der Waals surface area contributed by atoms with E-state index in [2.05, 4.69) is 6.07 Å². The zero-order valence-corrected chi connectivity index (χ0v) is 21.2. The van der Waals surface area contributed by atoms with Crippen molar-refractivity contribution in [3.05, 3.63) is 81.4 Å². The standard InChI is InChI=1S/C30H26F3NO4/c1-16-10-18(14-34)11-17(2)28(16)29-23-7-9-25(22(23)6-8-24(29)30(31,32)33)38-20-4-5-21-19(12-27(35)36-3)15-37-26(21)13-20/h4-6,8,10-11,13,19,25H,7,9,12,15H2,1-3H3. The predicted molar refractivity (Wildman–Crippen MR) is 134 cm³/mol. The van der Waals surface area contributed by atoms with E-state index in [1.165, 1.54) is 13.2 Å². The van der Waals surface area contributed by atoms with Gasteiger partial charge >= 0.3 is 12.1 Å². The molecule has 0 N–H and O–H groups in total. The molecule has 3 aromatic carbocycles. The lowest BCUT2D eigenvalue weighted by molar-refractivity contribution is -0.141. The second-order valence-corrected chi connectivity index (χ2v) is 9.78. The van der Waals surface area contributed by atoms with Gasteiger partial charge in [-0.15, -0.1) is 0 Å². The van der Waals surface area contributed by atoms with Crippen LogP contribution in [-0.4, -0.2) is 19.7 Å². The number of methoxy groups -OCH3 is 1. The molecule has 2 unspecified atom stereocenters. The molecule has 0 amide bonds. The molecule has 0 saturated heterocycles. The minimum Gasteiger partial charge on any atom is -0.492 e. The van der Waals surface area contributed by atoms with Gasteiger partial charge in [0.25, 0.3) is 0 Å². The first kappa shape index (κ1) is 25.7. The van der Waals surface area contributed by atoms with Gasteiger partial charge in [0.15, 0.2) is 0 Å². The third kappa shape index (κ3) is 4.58. The SMILES string of the molecule is COC(=O)CC1COc2cc(OC3CCc4c3ccc(C(F)(F)F)c4-c3c(C)cc(C#N)cc3C)ccc21. The molecule has 1 aliphatic heterocycles. The Bertz CT molecular complexity index is 1450. The molecule has 2 aliphatic rings. The number of fused-ring (bicyclic) bond motifs is 2. The van der Waals surface area contributed by atoms with Crippen molar-refractivity contribution in [3.63, 3.8) is 0 Å². The monoisotopic (exact) mass is 521 g/mol. The van der Waals surface area contributed by atoms with E-state index in [9.17, 15) is 23.2 Å². The van der Waals surface area contributed by atoms with E-state index in [0.717, 1.165) is 17.2 Å². The zero-order valence-electron chi connectivity index (χ0n) is 21.2. The lowest BCUT2D eigenvalue weighted by atomic mass is 9.86. The van der Waals surface area contributed by atoms with Crippen LogP contribution < -0.4 is 9.47 Å². The lowest BCUT2D eigenvalue weighted by Gasteiger charge is -2.22. The number of benzene rings is 3. The Balaban J connectivity index is 1.50. The highest BCUT2D eigenvalue weighted by Gasteiger charge is 2.39. The normalized spacial score (nSPS) is 17.8. The zero-order chi connectivity index (χ0) is 27.2. The van der Waals surface area contributed by atoms with Crippen molar-refractivity contribution in [2.24, 2.45) is 0 Å². The second kappa shape index (κ2) is 9.71. The van der Waals surface area contributed by atoms with Crippen LogP contribution in [0.1, 0.15) is 63.8 Å². The van der Waals surface area contributed by atoms with Crippen molar-refractivity contribution < 1.29 is 32.2 Å². The van der Waals surface area contributed by atoms with Crippen molar-refractivity contribution in [1.82, 2.24) is 0 Å². The van der Waals surface area contributed by atoms with Crippen LogP contribution in [0.15, 0.2) is 42.5 Å². The molecular weight excluding hydrogens is 495 g/mol. The average Bonchev–Trinajstić information content (AvgIpc) is 3.46. The Morgan fingerprint density at radius 2 is 1.79 bits per heavy atom. The number of hydrogen-bond donors (Lipinski definition) is 0. The van der Waals surface area contributed by atoms with Crippen molar-refractivity contribution in [1.29, 1.82) is 5.26 Å². The summed E-state index contributed by atoms with van der Waals surface area (Å²) in [5.74, 6) is 0.774. The number of nitrogens with zero attached hydrogens (tertiary/aromatic N) is 1. The summed E-state index contributed by atoms with van der Waals surface area (Å²) >= 11 is 0. The molecule has 196 valence electrons. The summed E-state index contributed by atoms with van der Waals surface area (Å²) in [6, 6.07) is 13.4. The van der Waals surface area contributed by atoms with Crippen LogP contribution in [0.4, 0.5) is 13.2 Å². The number of ether oxygens (including phenoxy) is 3. The van der Waals surface area contributed by atoms with Gasteiger partial charge in [-0.3, -0.25) is 4.79 Å². The quantitative estimate of drug-likeness (QED) is 0.339. The molecule has 0 bridgehead atoms. The largest absolute Gasteiger partial charge is 0.492 e. The molecule has 3 aromatic rings. The Labute approximate surface area is 218 Å². The number of nitriles is 1. The van der Waals surface area contributed by atoms with Crippen LogP contribution in [0.5, 0.6) is 11.5 Å². The summed E-state index contributed by atoms with van der Waals surface area (Å²) in [6.45, 7) is 3.85. The molecule has 1 heterocycles. The van der Waals surface area contributed by atoms with Gasteiger partial charge in [0, 0.05) is 17.5 Å². The summed E-state index contributed by atoms with van der Waals surface area (Å²) in [6.07, 6.45) is -3.77. The van der Waals surface area contributed by atoms with Crippen molar-refractivity contribution in [3.8, 4) is 28.7 Å². The summed E-state index contributed by atoms with van der Waals surface area (Å²) < 4.78 is 59.4. The maximum Gasteiger partial charge on any atom is 0.417 e. The van der Waals surface area contributed by atoms with Crippen LogP contribution in [0.2, 0.25) is 0 Å². The fraction of sp³-hybridized carbons (Fsp3) is 0.333. The second-order valence-electron chi connectivity index (χ2n) is 9.78. The summed E-state index contributed by atoms with van der Waals surface area (Å²) in [5.41, 5.74) is 3.91. The van der Waals surface area contributed by atoms with Gasteiger partial charge in [-0.2, -0.15) is 18.4 Å². The summed E-state index contributed by atoms with van der Waals surface area (Å²) in [5, 5.41) is 9.31. The molecule has 1 aliphatic carbocycles. The number of hydrogen-bond acceptors (Lipinski definition) is 5. The topological polar surface area (TPSA) is 68.6 Å². The van der Waals surface area contributed by atoms with E-state index in [1.807, 2.05) is 6.07 Å². The number of esters is 1. The predicted octanol–water partition coefficient (Wildman–Crippen LogP) is 6.97. The van der Waals surface area contributed by atoms with Crippen LogP contribution in [-0.2, 0) is 22.1 Å².